The summed E-state index contributed by atoms with van der Waals surface area (Å²) in [5.41, 5.74) is 1.72. The molecule has 0 fully saturated rings. The lowest BCUT2D eigenvalue weighted by Gasteiger charge is -2.13. The molecule has 0 N–H and O–H groups in total. The summed E-state index contributed by atoms with van der Waals surface area (Å²) in [5.74, 6) is -0.106. The summed E-state index contributed by atoms with van der Waals surface area (Å²) in [5, 5.41) is 2.77. The lowest BCUT2D eigenvalue weighted by Crippen LogP contribution is -2.26. The van der Waals surface area contributed by atoms with Crippen molar-refractivity contribution in [1.29, 1.82) is 0 Å². The summed E-state index contributed by atoms with van der Waals surface area (Å²) in [6, 6.07) is 7.52. The first-order valence-electron chi connectivity index (χ1n) is 5.45. The van der Waals surface area contributed by atoms with Crippen molar-refractivity contribution in [2.75, 3.05) is 14.2 Å². The van der Waals surface area contributed by atoms with Crippen LogP contribution in [0.25, 0.3) is 10.9 Å². The number of likely N-dealkylation sites (N-methyl/N-ethyl adjacent to an activating group) is 1. The molecule has 1 heterocycles. The Morgan fingerprint density at radius 3 is 2.94 bits per heavy atom. The van der Waals surface area contributed by atoms with Gasteiger partial charge in [0.1, 0.15) is 0 Å². The van der Waals surface area contributed by atoms with E-state index in [1.807, 2.05) is 24.3 Å². The largest absolute Gasteiger partial charge is 0.275 e. The maximum atomic E-state index is 11.7. The van der Waals surface area contributed by atoms with Gasteiger partial charge in [-0.15, -0.1) is 0 Å². The van der Waals surface area contributed by atoms with Gasteiger partial charge in [-0.2, -0.15) is 0 Å². The monoisotopic (exact) mass is 264 g/mol. The number of halogens is 1. The molecule has 0 unspecified atom stereocenters. The Balaban J connectivity index is 2.25. The number of carbonyl (C=O) groups excluding carboxylic acids is 1. The predicted octanol–water partition coefficient (Wildman–Crippen LogP) is 2.45. The lowest BCUT2D eigenvalue weighted by atomic mass is 10.1. The second kappa shape index (κ2) is 5.33. The van der Waals surface area contributed by atoms with Gasteiger partial charge in [-0.1, -0.05) is 23.7 Å². The molecule has 0 atom stereocenters. The molecule has 0 saturated carbocycles. The normalized spacial score (nSPS) is 10.6. The fourth-order valence-electron chi connectivity index (χ4n) is 1.64. The Bertz CT molecular complexity index is 586. The Morgan fingerprint density at radius 2 is 2.22 bits per heavy atom. The number of pyridine rings is 1. The number of carbonyl (C=O) groups is 1. The van der Waals surface area contributed by atoms with Gasteiger partial charge in [0.05, 0.1) is 24.1 Å². The fraction of sp³-hybridized carbons (Fsp3) is 0.231. The van der Waals surface area contributed by atoms with Crippen LogP contribution in [0.5, 0.6) is 0 Å². The maximum absolute atomic E-state index is 11.7. The summed E-state index contributed by atoms with van der Waals surface area (Å²) < 4.78 is 0. The number of hydroxylamine groups is 2. The third-order valence-electron chi connectivity index (χ3n) is 2.70. The van der Waals surface area contributed by atoms with Crippen molar-refractivity contribution in [3.8, 4) is 0 Å². The van der Waals surface area contributed by atoms with E-state index in [-0.39, 0.29) is 12.3 Å². The van der Waals surface area contributed by atoms with Crippen LogP contribution in [0.4, 0.5) is 0 Å². The lowest BCUT2D eigenvalue weighted by molar-refractivity contribution is -0.167. The standard InChI is InChI=1S/C13H13ClN2O2/c1-16(18-2)13(17)6-9-3-4-10-7-11(14)8-15-12(10)5-9/h3-5,7-8H,6H2,1-2H3. The predicted molar refractivity (Wildman–Crippen MR) is 70.2 cm³/mol. The number of fused-ring (bicyclic) bond motifs is 1. The van der Waals surface area contributed by atoms with E-state index in [1.54, 1.807) is 13.2 Å². The second-order valence-electron chi connectivity index (χ2n) is 3.93. The van der Waals surface area contributed by atoms with Crippen molar-refractivity contribution in [1.82, 2.24) is 10.0 Å². The summed E-state index contributed by atoms with van der Waals surface area (Å²) in [7, 11) is 3.04. The minimum atomic E-state index is -0.106. The second-order valence-corrected chi connectivity index (χ2v) is 4.37. The highest BCUT2D eigenvalue weighted by Gasteiger charge is 2.09. The zero-order valence-corrected chi connectivity index (χ0v) is 10.9. The molecule has 2 aromatic rings. The van der Waals surface area contributed by atoms with E-state index in [9.17, 15) is 4.79 Å². The van der Waals surface area contributed by atoms with Crippen LogP contribution >= 0.6 is 11.6 Å². The number of hydrogen-bond donors (Lipinski definition) is 0. The van der Waals surface area contributed by atoms with E-state index in [0.717, 1.165) is 16.5 Å². The maximum Gasteiger partial charge on any atom is 0.250 e. The first-order chi connectivity index (χ1) is 8.60. The van der Waals surface area contributed by atoms with Crippen LogP contribution in [0.15, 0.2) is 30.5 Å². The average molecular weight is 265 g/mol. The first-order valence-corrected chi connectivity index (χ1v) is 5.83. The Hall–Kier alpha value is -1.65. The van der Waals surface area contributed by atoms with Crippen molar-refractivity contribution in [3.63, 3.8) is 0 Å². The van der Waals surface area contributed by atoms with Crippen LogP contribution < -0.4 is 0 Å². The molecular formula is C13H13ClN2O2. The van der Waals surface area contributed by atoms with Crippen LogP contribution in [-0.4, -0.2) is 30.1 Å². The van der Waals surface area contributed by atoms with Crippen molar-refractivity contribution in [2.45, 2.75) is 6.42 Å². The fourth-order valence-corrected chi connectivity index (χ4v) is 1.80. The molecule has 18 heavy (non-hydrogen) atoms. The van der Waals surface area contributed by atoms with Crippen molar-refractivity contribution in [2.24, 2.45) is 0 Å². The third-order valence-corrected chi connectivity index (χ3v) is 2.90. The zero-order valence-electron chi connectivity index (χ0n) is 10.2. The highest BCUT2D eigenvalue weighted by Crippen LogP contribution is 2.18. The summed E-state index contributed by atoms with van der Waals surface area (Å²) >= 11 is 5.86. The molecule has 94 valence electrons. The van der Waals surface area contributed by atoms with Crippen molar-refractivity contribution >= 4 is 28.4 Å². The quantitative estimate of drug-likeness (QED) is 0.800. The first kappa shape index (κ1) is 12.8. The molecule has 0 aliphatic carbocycles. The third kappa shape index (κ3) is 2.78. The topological polar surface area (TPSA) is 42.4 Å². The van der Waals surface area contributed by atoms with Crippen molar-refractivity contribution in [3.05, 3.63) is 41.0 Å². The average Bonchev–Trinajstić information content (AvgIpc) is 2.38. The van der Waals surface area contributed by atoms with Gasteiger partial charge in [-0.3, -0.25) is 14.6 Å². The summed E-state index contributed by atoms with van der Waals surface area (Å²) in [6.07, 6.45) is 1.88. The van der Waals surface area contributed by atoms with Crippen LogP contribution in [0.2, 0.25) is 5.02 Å². The van der Waals surface area contributed by atoms with Crippen LogP contribution in [-0.2, 0) is 16.1 Å². The minimum absolute atomic E-state index is 0.106. The summed E-state index contributed by atoms with van der Waals surface area (Å²) in [4.78, 5) is 20.8. The van der Waals surface area contributed by atoms with Gasteiger partial charge in [0.15, 0.2) is 0 Å². The molecule has 0 aliphatic rings. The van der Waals surface area contributed by atoms with E-state index < -0.39 is 0 Å². The van der Waals surface area contributed by atoms with Gasteiger partial charge in [-0.25, -0.2) is 5.06 Å². The Morgan fingerprint density at radius 1 is 1.44 bits per heavy atom. The van der Waals surface area contributed by atoms with Gasteiger partial charge in [-0.05, 0) is 17.7 Å². The molecule has 1 amide bonds. The van der Waals surface area contributed by atoms with Crippen LogP contribution in [0.3, 0.4) is 0 Å². The molecule has 0 saturated heterocycles. The van der Waals surface area contributed by atoms with E-state index in [4.69, 9.17) is 16.4 Å². The van der Waals surface area contributed by atoms with Crippen molar-refractivity contribution < 1.29 is 9.63 Å². The molecular weight excluding hydrogens is 252 g/mol. The van der Waals surface area contributed by atoms with Gasteiger partial charge < -0.3 is 0 Å². The van der Waals surface area contributed by atoms with Crippen LogP contribution in [0.1, 0.15) is 5.56 Å². The molecule has 0 radical (unpaired) electrons. The molecule has 0 aliphatic heterocycles. The molecule has 1 aromatic carbocycles. The van der Waals surface area contributed by atoms with Crippen LogP contribution in [0, 0.1) is 0 Å². The number of benzene rings is 1. The number of nitrogens with zero attached hydrogens (tertiary/aromatic N) is 2. The van der Waals surface area contributed by atoms with E-state index in [2.05, 4.69) is 4.98 Å². The van der Waals surface area contributed by atoms with Gasteiger partial charge in [0.25, 0.3) is 0 Å². The molecule has 1 aromatic heterocycles. The SMILES string of the molecule is CON(C)C(=O)Cc1ccc2cc(Cl)cnc2c1. The van der Waals surface area contributed by atoms with E-state index in [0.29, 0.717) is 5.02 Å². The van der Waals surface area contributed by atoms with Gasteiger partial charge in [0.2, 0.25) is 5.91 Å². The molecule has 5 heteroatoms. The smallest absolute Gasteiger partial charge is 0.250 e. The number of hydrogen-bond acceptors (Lipinski definition) is 3. The zero-order chi connectivity index (χ0) is 13.1. The molecule has 0 spiro atoms. The number of aromatic nitrogens is 1. The van der Waals surface area contributed by atoms with E-state index >= 15 is 0 Å². The van der Waals surface area contributed by atoms with Gasteiger partial charge >= 0.3 is 0 Å². The highest BCUT2D eigenvalue weighted by molar-refractivity contribution is 6.31. The number of rotatable bonds is 3. The highest BCUT2D eigenvalue weighted by atomic mass is 35.5. The van der Waals surface area contributed by atoms with E-state index in [1.165, 1.54) is 12.2 Å². The molecule has 2 rings (SSSR count). The minimum Gasteiger partial charge on any atom is -0.275 e. The Kier molecular flexibility index (Phi) is 3.79. The van der Waals surface area contributed by atoms with Gasteiger partial charge in [0, 0.05) is 18.6 Å². The Labute approximate surface area is 110 Å². The summed E-state index contributed by atoms with van der Waals surface area (Å²) in [6.45, 7) is 0. The molecule has 4 nitrogen and oxygen atoms in total. The number of amides is 1. The molecule has 0 bridgehead atoms.